The van der Waals surface area contributed by atoms with E-state index in [9.17, 15) is 0 Å². The largest absolute Gasteiger partial charge is 0.310 e. The van der Waals surface area contributed by atoms with Crippen LogP contribution in [0.3, 0.4) is 0 Å². The molecule has 0 radical (unpaired) electrons. The lowest BCUT2D eigenvalue weighted by molar-refractivity contribution is 1.30. The van der Waals surface area contributed by atoms with Crippen molar-refractivity contribution in [2.24, 2.45) is 0 Å². The van der Waals surface area contributed by atoms with E-state index in [1.54, 1.807) is 0 Å². The molecule has 13 aromatic carbocycles. The van der Waals surface area contributed by atoms with E-state index >= 15 is 0 Å². The fraction of sp³-hybridized carbons (Fsp3) is 0. The SMILES string of the molecule is c1ccc(-c2c(-c3ccccc3)c3cc(-c4ccc(N(c5ccc(-c6ccc(-c7ccc8ccccc8c7)cc6)cc5)c5cccc6c5ccc5ccccc56)cc4)ccc3c3ccccc23)cc1. The van der Waals surface area contributed by atoms with Crippen molar-refractivity contribution in [3.63, 3.8) is 0 Å². The van der Waals surface area contributed by atoms with Crippen LogP contribution in [0.4, 0.5) is 17.1 Å². The van der Waals surface area contributed by atoms with Crippen molar-refractivity contribution >= 4 is 70.9 Å². The predicted molar refractivity (Wildman–Crippen MR) is 296 cm³/mol. The summed E-state index contributed by atoms with van der Waals surface area (Å²) in [4.78, 5) is 2.42. The molecule has 13 rings (SSSR count). The Morgan fingerprint density at radius 2 is 0.594 bits per heavy atom. The molecule has 0 aliphatic carbocycles. The molecule has 322 valence electrons. The van der Waals surface area contributed by atoms with Crippen LogP contribution < -0.4 is 4.90 Å². The molecule has 0 fully saturated rings. The van der Waals surface area contributed by atoms with E-state index in [4.69, 9.17) is 0 Å². The highest BCUT2D eigenvalue weighted by atomic mass is 15.1. The number of hydrogen-bond donors (Lipinski definition) is 0. The van der Waals surface area contributed by atoms with Gasteiger partial charge in [-0.1, -0.05) is 231 Å². The van der Waals surface area contributed by atoms with Gasteiger partial charge in [-0.05, 0) is 147 Å². The Hall–Kier alpha value is -9.04. The predicted octanol–water partition coefficient (Wildman–Crippen LogP) is 19.3. The number of benzene rings is 13. The monoisotopic (exact) mass is 875 g/mol. The van der Waals surface area contributed by atoms with E-state index in [1.807, 2.05) is 0 Å². The van der Waals surface area contributed by atoms with Crippen LogP contribution >= 0.6 is 0 Å². The van der Waals surface area contributed by atoms with Crippen molar-refractivity contribution in [3.8, 4) is 55.6 Å². The van der Waals surface area contributed by atoms with Gasteiger partial charge in [-0.25, -0.2) is 0 Å². The molecule has 0 spiro atoms. The molecule has 0 bridgehead atoms. The summed E-state index contributed by atoms with van der Waals surface area (Å²) in [6.07, 6.45) is 0. The van der Waals surface area contributed by atoms with E-state index in [0.717, 1.165) is 17.1 Å². The molecular weight excluding hydrogens is 831 g/mol. The second-order valence-corrected chi connectivity index (χ2v) is 18.0. The van der Waals surface area contributed by atoms with Gasteiger partial charge >= 0.3 is 0 Å². The molecule has 0 aliphatic rings. The minimum Gasteiger partial charge on any atom is -0.310 e. The lowest BCUT2D eigenvalue weighted by Gasteiger charge is -2.27. The third-order valence-corrected chi connectivity index (χ3v) is 14.0. The molecule has 0 aromatic heterocycles. The van der Waals surface area contributed by atoms with Gasteiger partial charge in [0.15, 0.2) is 0 Å². The van der Waals surface area contributed by atoms with Gasteiger partial charge in [0.1, 0.15) is 0 Å². The molecular formula is C68H45N. The zero-order valence-corrected chi connectivity index (χ0v) is 37.9. The van der Waals surface area contributed by atoms with Crippen molar-refractivity contribution in [1.82, 2.24) is 0 Å². The van der Waals surface area contributed by atoms with E-state index in [1.165, 1.54) is 109 Å². The van der Waals surface area contributed by atoms with Crippen LogP contribution in [0.2, 0.25) is 0 Å². The number of rotatable bonds is 8. The lowest BCUT2D eigenvalue weighted by Crippen LogP contribution is -2.10. The molecule has 0 saturated heterocycles. The molecule has 0 heterocycles. The molecule has 0 aliphatic heterocycles. The van der Waals surface area contributed by atoms with Crippen molar-refractivity contribution in [1.29, 1.82) is 0 Å². The standard InChI is InChI=1S/C68H45N/c1-3-16-52(17-4-1)67-64-23-12-11-22-61(64)62-42-37-56(45-65(62)68(67)53-18-5-2-6-19-53)50-34-40-58(41-35-50)69(66-25-13-24-60-59-21-10-9-15-51(59)36-43-63(60)66)57-38-32-48(33-39-57)47-26-28-49(29-27-47)55-31-30-46-14-7-8-20-54(46)44-55/h1-45H. The average molecular weight is 876 g/mol. The minimum atomic E-state index is 1.09. The summed E-state index contributed by atoms with van der Waals surface area (Å²) in [5.74, 6) is 0. The van der Waals surface area contributed by atoms with E-state index < -0.39 is 0 Å². The Morgan fingerprint density at radius 3 is 1.25 bits per heavy atom. The first-order valence-electron chi connectivity index (χ1n) is 23.8. The number of nitrogens with zero attached hydrogens (tertiary/aromatic N) is 1. The molecule has 69 heavy (non-hydrogen) atoms. The van der Waals surface area contributed by atoms with Crippen LogP contribution in [-0.2, 0) is 0 Å². The normalized spacial score (nSPS) is 11.5. The van der Waals surface area contributed by atoms with E-state index in [2.05, 4.69) is 278 Å². The molecule has 0 unspecified atom stereocenters. The fourth-order valence-corrected chi connectivity index (χ4v) is 10.7. The van der Waals surface area contributed by atoms with Crippen molar-refractivity contribution < 1.29 is 0 Å². The third-order valence-electron chi connectivity index (χ3n) is 14.0. The molecule has 1 heteroatoms. The number of hydrogen-bond acceptors (Lipinski definition) is 1. The third kappa shape index (κ3) is 7.20. The first kappa shape index (κ1) is 40.3. The highest BCUT2D eigenvalue weighted by Crippen LogP contribution is 2.46. The summed E-state index contributed by atoms with van der Waals surface area (Å²) in [7, 11) is 0. The molecule has 0 saturated carbocycles. The van der Waals surface area contributed by atoms with Gasteiger partial charge in [-0.2, -0.15) is 0 Å². The van der Waals surface area contributed by atoms with Crippen LogP contribution in [-0.4, -0.2) is 0 Å². The summed E-state index contributed by atoms with van der Waals surface area (Å²) in [6.45, 7) is 0. The smallest absolute Gasteiger partial charge is 0.0540 e. The molecule has 0 N–H and O–H groups in total. The van der Waals surface area contributed by atoms with Crippen molar-refractivity contribution in [2.75, 3.05) is 4.90 Å². The summed E-state index contributed by atoms with van der Waals surface area (Å²) in [5, 5.41) is 12.5. The van der Waals surface area contributed by atoms with Gasteiger partial charge in [-0.3, -0.25) is 0 Å². The van der Waals surface area contributed by atoms with Crippen LogP contribution in [0.1, 0.15) is 0 Å². The maximum atomic E-state index is 2.42. The maximum Gasteiger partial charge on any atom is 0.0540 e. The second-order valence-electron chi connectivity index (χ2n) is 18.0. The minimum absolute atomic E-state index is 1.09. The van der Waals surface area contributed by atoms with Gasteiger partial charge in [-0.15, -0.1) is 0 Å². The quantitative estimate of drug-likeness (QED) is 0.138. The number of anilines is 3. The van der Waals surface area contributed by atoms with Crippen LogP contribution in [0, 0.1) is 0 Å². The fourth-order valence-electron chi connectivity index (χ4n) is 10.7. The second kappa shape index (κ2) is 17.0. The average Bonchev–Trinajstić information content (AvgIpc) is 3.43. The summed E-state index contributed by atoms with van der Waals surface area (Å²) in [6, 6.07) is 100. The van der Waals surface area contributed by atoms with E-state index in [0.29, 0.717) is 0 Å². The molecule has 0 amide bonds. The molecule has 0 atom stereocenters. The summed E-state index contributed by atoms with van der Waals surface area (Å²) >= 11 is 0. The number of fused-ring (bicyclic) bond motifs is 7. The summed E-state index contributed by atoms with van der Waals surface area (Å²) in [5.41, 5.74) is 15.4. The first-order valence-corrected chi connectivity index (χ1v) is 23.8. The zero-order valence-electron chi connectivity index (χ0n) is 37.9. The Labute approximate surface area is 402 Å². The van der Waals surface area contributed by atoms with Gasteiger partial charge < -0.3 is 4.90 Å². The Kier molecular flexibility index (Phi) is 9.91. The summed E-state index contributed by atoms with van der Waals surface area (Å²) < 4.78 is 0. The molecule has 1 nitrogen and oxygen atoms in total. The maximum absolute atomic E-state index is 2.42. The lowest BCUT2D eigenvalue weighted by atomic mass is 9.84. The molecule has 13 aromatic rings. The topological polar surface area (TPSA) is 3.24 Å². The highest BCUT2D eigenvalue weighted by Gasteiger charge is 2.20. The van der Waals surface area contributed by atoms with Crippen LogP contribution in [0.5, 0.6) is 0 Å². The van der Waals surface area contributed by atoms with Gasteiger partial charge in [0.25, 0.3) is 0 Å². The van der Waals surface area contributed by atoms with Gasteiger partial charge in [0.2, 0.25) is 0 Å². The first-order chi connectivity index (χ1) is 34.2. The Balaban J connectivity index is 0.914. The Bertz CT molecular complexity index is 4020. The van der Waals surface area contributed by atoms with E-state index in [-0.39, 0.29) is 0 Å². The Morgan fingerprint density at radius 1 is 0.188 bits per heavy atom. The van der Waals surface area contributed by atoms with Crippen molar-refractivity contribution in [2.45, 2.75) is 0 Å². The highest BCUT2D eigenvalue weighted by molar-refractivity contribution is 6.22. The van der Waals surface area contributed by atoms with Gasteiger partial charge in [0.05, 0.1) is 5.69 Å². The zero-order chi connectivity index (χ0) is 45.7. The van der Waals surface area contributed by atoms with Crippen molar-refractivity contribution in [3.05, 3.63) is 273 Å². The van der Waals surface area contributed by atoms with Crippen LogP contribution in [0.15, 0.2) is 273 Å². The van der Waals surface area contributed by atoms with Gasteiger partial charge in [0, 0.05) is 16.8 Å². The van der Waals surface area contributed by atoms with Crippen LogP contribution in [0.25, 0.3) is 109 Å².